The molecular formula is C17H17NO4S. The van der Waals surface area contributed by atoms with Crippen molar-refractivity contribution in [3.8, 4) is 5.75 Å². The SMILES string of the molecule is COc1ccc2[nH]cc(C(O)S(=O)(=O)c3ccc(C)cc3)c2c1. The number of aryl methyl sites for hydroxylation is 1. The lowest BCUT2D eigenvalue weighted by atomic mass is 10.2. The van der Waals surface area contributed by atoms with Crippen LogP contribution in [0.4, 0.5) is 0 Å². The zero-order valence-corrected chi connectivity index (χ0v) is 13.6. The molecule has 0 radical (unpaired) electrons. The average molecular weight is 331 g/mol. The number of rotatable bonds is 4. The van der Waals surface area contributed by atoms with Crippen LogP contribution in [0.15, 0.2) is 53.6 Å². The number of nitrogens with one attached hydrogen (secondary N) is 1. The average Bonchev–Trinajstić information content (AvgIpc) is 2.97. The predicted molar refractivity (Wildman–Crippen MR) is 88.2 cm³/mol. The molecule has 0 fully saturated rings. The minimum absolute atomic E-state index is 0.0906. The lowest BCUT2D eigenvalue weighted by Gasteiger charge is -2.12. The van der Waals surface area contributed by atoms with E-state index in [9.17, 15) is 13.5 Å². The summed E-state index contributed by atoms with van der Waals surface area (Å²) < 4.78 is 30.5. The summed E-state index contributed by atoms with van der Waals surface area (Å²) in [7, 11) is -2.36. The van der Waals surface area contributed by atoms with Crippen molar-refractivity contribution in [1.29, 1.82) is 0 Å². The fourth-order valence-electron chi connectivity index (χ4n) is 2.48. The normalized spacial score (nSPS) is 13.2. The number of benzene rings is 2. The molecule has 0 aliphatic heterocycles. The Hall–Kier alpha value is -2.31. The summed E-state index contributed by atoms with van der Waals surface area (Å²) in [6, 6.07) is 11.7. The zero-order valence-electron chi connectivity index (χ0n) is 12.8. The van der Waals surface area contributed by atoms with Crippen molar-refractivity contribution < 1.29 is 18.3 Å². The highest BCUT2D eigenvalue weighted by Gasteiger charge is 2.29. The molecule has 0 saturated heterocycles. The first-order valence-corrected chi connectivity index (χ1v) is 8.62. The first kappa shape index (κ1) is 15.6. The highest BCUT2D eigenvalue weighted by molar-refractivity contribution is 7.91. The molecule has 6 heteroatoms. The first-order valence-electron chi connectivity index (χ1n) is 7.07. The van der Waals surface area contributed by atoms with Crippen LogP contribution in [0.3, 0.4) is 0 Å². The number of fused-ring (bicyclic) bond motifs is 1. The molecule has 0 aliphatic carbocycles. The number of hydrogen-bond acceptors (Lipinski definition) is 4. The van der Waals surface area contributed by atoms with Crippen molar-refractivity contribution in [2.75, 3.05) is 7.11 Å². The number of hydrogen-bond donors (Lipinski definition) is 2. The van der Waals surface area contributed by atoms with E-state index in [2.05, 4.69) is 4.98 Å². The van der Waals surface area contributed by atoms with Gasteiger partial charge in [0.2, 0.25) is 9.84 Å². The second kappa shape index (κ2) is 5.72. The van der Waals surface area contributed by atoms with Crippen LogP contribution in [0.2, 0.25) is 0 Å². The summed E-state index contributed by atoms with van der Waals surface area (Å²) in [5, 5.41) is 11.1. The fraction of sp³-hybridized carbons (Fsp3) is 0.176. The van der Waals surface area contributed by atoms with Crippen LogP contribution in [0, 0.1) is 6.92 Å². The summed E-state index contributed by atoms with van der Waals surface area (Å²) in [5.74, 6) is 0.596. The smallest absolute Gasteiger partial charge is 0.209 e. The number of H-pyrrole nitrogens is 1. The summed E-state index contributed by atoms with van der Waals surface area (Å²) in [4.78, 5) is 3.06. The van der Waals surface area contributed by atoms with Gasteiger partial charge in [0, 0.05) is 22.7 Å². The number of methoxy groups -OCH3 is 1. The molecule has 0 amide bonds. The van der Waals surface area contributed by atoms with E-state index in [0.717, 1.165) is 11.1 Å². The van der Waals surface area contributed by atoms with Crippen LogP contribution in [-0.2, 0) is 9.84 Å². The van der Waals surface area contributed by atoms with E-state index in [-0.39, 0.29) is 4.90 Å². The largest absolute Gasteiger partial charge is 0.497 e. The third kappa shape index (κ3) is 2.71. The minimum atomic E-state index is -3.89. The van der Waals surface area contributed by atoms with Gasteiger partial charge in [-0.15, -0.1) is 0 Å². The van der Waals surface area contributed by atoms with E-state index in [1.807, 2.05) is 6.92 Å². The molecule has 1 heterocycles. The summed E-state index contributed by atoms with van der Waals surface area (Å²) in [6.07, 6.45) is 1.51. The van der Waals surface area contributed by atoms with Gasteiger partial charge in [-0.05, 0) is 37.3 Å². The van der Waals surface area contributed by atoms with E-state index >= 15 is 0 Å². The van der Waals surface area contributed by atoms with E-state index in [4.69, 9.17) is 4.74 Å². The Bertz CT molecular complexity index is 942. The van der Waals surface area contributed by atoms with Gasteiger partial charge in [-0.1, -0.05) is 17.7 Å². The third-order valence-corrected chi connectivity index (χ3v) is 5.60. The lowest BCUT2D eigenvalue weighted by molar-refractivity contribution is 0.256. The standard InChI is InChI=1S/C17H17NO4S/c1-11-3-6-13(7-4-11)23(20,21)17(19)15-10-18-16-8-5-12(22-2)9-14(15)16/h3-10,17-19H,1-2H3. The van der Waals surface area contributed by atoms with Gasteiger partial charge < -0.3 is 14.8 Å². The Morgan fingerprint density at radius 1 is 1.13 bits per heavy atom. The monoisotopic (exact) mass is 331 g/mol. The van der Waals surface area contributed by atoms with Gasteiger partial charge >= 0.3 is 0 Å². The van der Waals surface area contributed by atoms with Crippen LogP contribution in [0.25, 0.3) is 10.9 Å². The number of aliphatic hydroxyl groups is 1. The van der Waals surface area contributed by atoms with Crippen molar-refractivity contribution in [3.63, 3.8) is 0 Å². The number of aromatic nitrogens is 1. The van der Waals surface area contributed by atoms with Crippen LogP contribution in [0.5, 0.6) is 5.75 Å². The molecule has 1 atom stereocenters. The summed E-state index contributed by atoms with van der Waals surface area (Å²) in [6.45, 7) is 1.87. The fourth-order valence-corrected chi connectivity index (χ4v) is 3.78. The maximum absolute atomic E-state index is 12.6. The Morgan fingerprint density at radius 3 is 2.48 bits per heavy atom. The van der Waals surface area contributed by atoms with E-state index < -0.39 is 15.3 Å². The number of ether oxygens (including phenoxy) is 1. The van der Waals surface area contributed by atoms with Crippen LogP contribution in [-0.4, -0.2) is 25.6 Å². The van der Waals surface area contributed by atoms with Gasteiger partial charge in [-0.25, -0.2) is 8.42 Å². The van der Waals surface area contributed by atoms with Gasteiger partial charge in [0.1, 0.15) is 5.75 Å². The van der Waals surface area contributed by atoms with E-state index in [1.165, 1.54) is 25.4 Å². The minimum Gasteiger partial charge on any atom is -0.497 e. The summed E-state index contributed by atoms with van der Waals surface area (Å²) >= 11 is 0. The molecule has 0 spiro atoms. The molecule has 120 valence electrons. The Morgan fingerprint density at radius 2 is 1.83 bits per heavy atom. The highest BCUT2D eigenvalue weighted by atomic mass is 32.2. The third-order valence-electron chi connectivity index (χ3n) is 3.83. The van der Waals surface area contributed by atoms with Crippen molar-refractivity contribution in [2.24, 2.45) is 0 Å². The second-order valence-electron chi connectivity index (χ2n) is 5.37. The van der Waals surface area contributed by atoms with Gasteiger partial charge in [-0.3, -0.25) is 0 Å². The zero-order chi connectivity index (χ0) is 16.6. The topological polar surface area (TPSA) is 79.4 Å². The Labute approximate surface area is 134 Å². The van der Waals surface area contributed by atoms with Gasteiger partial charge in [0.15, 0.2) is 5.44 Å². The van der Waals surface area contributed by atoms with E-state index in [1.54, 1.807) is 30.3 Å². The molecule has 3 rings (SSSR count). The van der Waals surface area contributed by atoms with Crippen LogP contribution in [0.1, 0.15) is 16.6 Å². The van der Waals surface area contributed by atoms with E-state index in [0.29, 0.717) is 16.7 Å². The number of aromatic amines is 1. The lowest BCUT2D eigenvalue weighted by Crippen LogP contribution is -2.13. The Balaban J connectivity index is 2.09. The van der Waals surface area contributed by atoms with Crippen molar-refractivity contribution in [1.82, 2.24) is 4.98 Å². The van der Waals surface area contributed by atoms with Gasteiger partial charge in [0.05, 0.1) is 12.0 Å². The molecule has 5 nitrogen and oxygen atoms in total. The molecule has 23 heavy (non-hydrogen) atoms. The van der Waals surface area contributed by atoms with Crippen LogP contribution >= 0.6 is 0 Å². The second-order valence-corrected chi connectivity index (χ2v) is 7.37. The molecule has 3 aromatic rings. The highest BCUT2D eigenvalue weighted by Crippen LogP contribution is 2.33. The molecule has 0 saturated carbocycles. The Kier molecular flexibility index (Phi) is 3.87. The quantitative estimate of drug-likeness (QED) is 0.770. The number of sulfone groups is 1. The number of aliphatic hydroxyl groups excluding tert-OH is 1. The predicted octanol–water partition coefficient (Wildman–Crippen LogP) is 2.95. The molecule has 2 N–H and O–H groups in total. The molecule has 1 aromatic heterocycles. The molecule has 1 unspecified atom stereocenters. The molecule has 2 aromatic carbocycles. The molecular weight excluding hydrogens is 314 g/mol. The summed E-state index contributed by atoms with van der Waals surface area (Å²) in [5.41, 5.74) is 0.347. The molecule has 0 aliphatic rings. The van der Waals surface area contributed by atoms with Crippen molar-refractivity contribution >= 4 is 20.7 Å². The first-order chi connectivity index (χ1) is 10.9. The van der Waals surface area contributed by atoms with Gasteiger partial charge in [0.25, 0.3) is 0 Å². The van der Waals surface area contributed by atoms with Crippen molar-refractivity contribution in [2.45, 2.75) is 17.3 Å². The maximum Gasteiger partial charge on any atom is 0.209 e. The van der Waals surface area contributed by atoms with Crippen molar-refractivity contribution in [3.05, 3.63) is 59.8 Å². The molecule has 0 bridgehead atoms. The van der Waals surface area contributed by atoms with Gasteiger partial charge in [-0.2, -0.15) is 0 Å². The van der Waals surface area contributed by atoms with Crippen LogP contribution < -0.4 is 4.74 Å². The maximum atomic E-state index is 12.6.